The molecule has 0 saturated carbocycles. The molecule has 0 amide bonds. The van der Waals surface area contributed by atoms with Gasteiger partial charge in [-0.25, -0.2) is 0 Å². The number of ether oxygens (including phenoxy) is 2. The first kappa shape index (κ1) is 15.6. The van der Waals surface area contributed by atoms with Gasteiger partial charge in [-0.1, -0.05) is 12.1 Å². The number of nitrogens with zero attached hydrogens (tertiary/aromatic N) is 1. The monoisotopic (exact) mass is 331 g/mol. The van der Waals surface area contributed by atoms with E-state index in [1.54, 1.807) is 14.2 Å². The van der Waals surface area contributed by atoms with E-state index >= 15 is 0 Å². The normalized spacial score (nSPS) is 11.9. The van der Waals surface area contributed by atoms with Gasteiger partial charge in [0, 0.05) is 30.6 Å². The molecule has 3 nitrogen and oxygen atoms in total. The smallest absolute Gasteiger partial charge is 0.126 e. The van der Waals surface area contributed by atoms with E-state index in [4.69, 9.17) is 9.47 Å². The maximum Gasteiger partial charge on any atom is 0.126 e. The molecule has 3 aromatic carbocycles. The largest absolute Gasteiger partial charge is 0.496 e. The highest BCUT2D eigenvalue weighted by molar-refractivity contribution is 6.13. The summed E-state index contributed by atoms with van der Waals surface area (Å²) in [6, 6.07) is 16.9. The minimum Gasteiger partial charge on any atom is -0.496 e. The predicted molar refractivity (Wildman–Crippen MR) is 105 cm³/mol. The Kier molecular flexibility index (Phi) is 3.65. The van der Waals surface area contributed by atoms with Crippen molar-refractivity contribution in [1.82, 2.24) is 0 Å². The van der Waals surface area contributed by atoms with Gasteiger partial charge in [0.25, 0.3) is 0 Å². The molecule has 0 fully saturated rings. The maximum atomic E-state index is 5.51. The molecule has 0 heterocycles. The summed E-state index contributed by atoms with van der Waals surface area (Å²) in [5, 5.41) is 2.18. The summed E-state index contributed by atoms with van der Waals surface area (Å²) < 4.78 is 11.0. The number of benzene rings is 3. The third-order valence-electron chi connectivity index (χ3n) is 4.75. The fraction of sp³-hybridized carbons (Fsp3) is 0.182. The van der Waals surface area contributed by atoms with Crippen molar-refractivity contribution >= 4 is 28.1 Å². The first-order valence-electron chi connectivity index (χ1n) is 8.31. The van der Waals surface area contributed by atoms with Crippen LogP contribution in [0.5, 0.6) is 11.5 Å². The molecule has 0 aliphatic heterocycles. The predicted octanol–water partition coefficient (Wildman–Crippen LogP) is 4.83. The van der Waals surface area contributed by atoms with Crippen LogP contribution in [0.1, 0.15) is 16.7 Å². The van der Waals surface area contributed by atoms with E-state index in [1.165, 1.54) is 28.0 Å². The molecule has 3 aromatic rings. The molecule has 0 atom stereocenters. The minimum absolute atomic E-state index is 0.875. The second kappa shape index (κ2) is 5.85. The Morgan fingerprint density at radius 3 is 1.72 bits per heavy atom. The van der Waals surface area contributed by atoms with E-state index in [0.717, 1.165) is 22.3 Å². The third kappa shape index (κ3) is 2.62. The molecule has 0 N–H and O–H groups in total. The number of anilines is 1. The summed E-state index contributed by atoms with van der Waals surface area (Å²) in [6.45, 7) is 0. The first-order chi connectivity index (χ1) is 12.1. The highest BCUT2D eigenvalue weighted by atomic mass is 16.5. The van der Waals surface area contributed by atoms with E-state index in [9.17, 15) is 0 Å². The molecule has 3 heteroatoms. The lowest BCUT2D eigenvalue weighted by atomic mass is 10.1. The van der Waals surface area contributed by atoms with Gasteiger partial charge in [-0.15, -0.1) is 0 Å². The van der Waals surface area contributed by atoms with Crippen molar-refractivity contribution in [3.63, 3.8) is 0 Å². The molecule has 0 aromatic heterocycles. The molecule has 1 aliphatic carbocycles. The highest BCUT2D eigenvalue weighted by Crippen LogP contribution is 2.48. The van der Waals surface area contributed by atoms with Crippen LogP contribution in [0.25, 0.3) is 22.4 Å². The Balaban J connectivity index is 1.75. The molecule has 0 radical (unpaired) electrons. The first-order valence-corrected chi connectivity index (χ1v) is 8.31. The molecule has 126 valence electrons. The van der Waals surface area contributed by atoms with Crippen LogP contribution in [-0.2, 0) is 0 Å². The van der Waals surface area contributed by atoms with Crippen molar-refractivity contribution in [3.8, 4) is 11.5 Å². The van der Waals surface area contributed by atoms with Gasteiger partial charge in [0.15, 0.2) is 0 Å². The van der Waals surface area contributed by atoms with Crippen LogP contribution < -0.4 is 14.4 Å². The molecular weight excluding hydrogens is 310 g/mol. The van der Waals surface area contributed by atoms with Crippen LogP contribution in [0, 0.1) is 0 Å². The molecule has 25 heavy (non-hydrogen) atoms. The summed E-state index contributed by atoms with van der Waals surface area (Å²) in [6.07, 6.45) is 2.24. The molecule has 0 spiro atoms. The quantitative estimate of drug-likeness (QED) is 0.535. The number of hydrogen-bond donors (Lipinski definition) is 0. The molecule has 1 aliphatic rings. The Morgan fingerprint density at radius 1 is 0.760 bits per heavy atom. The third-order valence-corrected chi connectivity index (χ3v) is 4.75. The van der Waals surface area contributed by atoms with Gasteiger partial charge in [-0.05, 0) is 64.7 Å². The Morgan fingerprint density at radius 2 is 1.28 bits per heavy atom. The van der Waals surface area contributed by atoms with Crippen molar-refractivity contribution in [3.05, 3.63) is 65.2 Å². The van der Waals surface area contributed by atoms with Crippen LogP contribution in [-0.4, -0.2) is 28.3 Å². The van der Waals surface area contributed by atoms with E-state index in [-0.39, 0.29) is 0 Å². The fourth-order valence-electron chi connectivity index (χ4n) is 3.27. The number of rotatable bonds is 4. The van der Waals surface area contributed by atoms with Crippen molar-refractivity contribution in [2.45, 2.75) is 0 Å². The summed E-state index contributed by atoms with van der Waals surface area (Å²) in [4.78, 5) is 2.11. The van der Waals surface area contributed by atoms with Gasteiger partial charge >= 0.3 is 0 Å². The number of methoxy groups -OCH3 is 2. The Hall–Kier alpha value is -2.94. The summed E-state index contributed by atoms with van der Waals surface area (Å²) in [7, 11) is 7.51. The second-order valence-electron chi connectivity index (χ2n) is 6.46. The topological polar surface area (TPSA) is 21.7 Å². The van der Waals surface area contributed by atoms with Gasteiger partial charge in [0.1, 0.15) is 11.5 Å². The molecular formula is C22H21NO2. The fourth-order valence-corrected chi connectivity index (χ4v) is 3.27. The lowest BCUT2D eigenvalue weighted by molar-refractivity contribution is 0.410. The van der Waals surface area contributed by atoms with E-state index < -0.39 is 0 Å². The summed E-state index contributed by atoms with van der Waals surface area (Å²) >= 11 is 0. The lowest BCUT2D eigenvalue weighted by Crippen LogP contribution is -2.07. The molecule has 0 saturated heterocycles. The van der Waals surface area contributed by atoms with Crippen molar-refractivity contribution < 1.29 is 9.47 Å². The van der Waals surface area contributed by atoms with E-state index in [2.05, 4.69) is 61.5 Å². The van der Waals surface area contributed by atoms with E-state index in [0.29, 0.717) is 0 Å². The average Bonchev–Trinajstić information content (AvgIpc) is 3.30. The van der Waals surface area contributed by atoms with Gasteiger partial charge in [-0.2, -0.15) is 0 Å². The molecule has 0 unspecified atom stereocenters. The van der Waals surface area contributed by atoms with Gasteiger partial charge in [0.05, 0.1) is 14.2 Å². The lowest BCUT2D eigenvalue weighted by Gasteiger charge is -2.11. The standard InChI is InChI=1S/C22H21NO2/c1-23(2)15-7-5-14(6-8-15)11-16-17-12-19-20(13-18(16)17)22(25-4)10-9-21(19)24-3/h5-13H,1-4H3. The molecule has 0 bridgehead atoms. The zero-order valence-corrected chi connectivity index (χ0v) is 15.0. The zero-order valence-electron chi connectivity index (χ0n) is 15.0. The van der Waals surface area contributed by atoms with Crippen LogP contribution >= 0.6 is 0 Å². The summed E-state index contributed by atoms with van der Waals surface area (Å²) in [5.74, 6) is 1.75. The average molecular weight is 331 g/mol. The second-order valence-corrected chi connectivity index (χ2v) is 6.46. The number of fused-ring (bicyclic) bond motifs is 2. The van der Waals surface area contributed by atoms with Crippen molar-refractivity contribution in [2.75, 3.05) is 33.2 Å². The minimum atomic E-state index is 0.875. The zero-order chi connectivity index (χ0) is 17.6. The van der Waals surface area contributed by atoms with Crippen LogP contribution in [0.4, 0.5) is 5.69 Å². The van der Waals surface area contributed by atoms with Gasteiger partial charge < -0.3 is 14.4 Å². The van der Waals surface area contributed by atoms with Crippen LogP contribution in [0.2, 0.25) is 0 Å². The Bertz CT molecular complexity index is 933. The van der Waals surface area contributed by atoms with E-state index in [1.807, 2.05) is 12.1 Å². The van der Waals surface area contributed by atoms with Gasteiger partial charge in [-0.3, -0.25) is 0 Å². The SMILES string of the molecule is COc1ccc(OC)c2cc3c(cc12)C3=Cc1ccc(N(C)C)cc1. The Labute approximate surface area is 148 Å². The molecule has 4 rings (SSSR count). The van der Waals surface area contributed by atoms with Crippen molar-refractivity contribution in [2.24, 2.45) is 0 Å². The highest BCUT2D eigenvalue weighted by Gasteiger charge is 2.27. The van der Waals surface area contributed by atoms with Crippen LogP contribution in [0.3, 0.4) is 0 Å². The summed E-state index contributed by atoms with van der Waals surface area (Å²) in [5.41, 5.74) is 6.28. The number of hydrogen-bond acceptors (Lipinski definition) is 3. The maximum absolute atomic E-state index is 5.51. The van der Waals surface area contributed by atoms with Gasteiger partial charge in [0.2, 0.25) is 0 Å². The van der Waals surface area contributed by atoms with Crippen LogP contribution in [0.15, 0.2) is 48.5 Å². The van der Waals surface area contributed by atoms with Crippen molar-refractivity contribution in [1.29, 1.82) is 0 Å².